The molecule has 1 atom stereocenters. The Morgan fingerprint density at radius 3 is 2.50 bits per heavy atom. The van der Waals surface area contributed by atoms with Crippen LogP contribution in [0.5, 0.6) is 0 Å². The molecule has 0 spiro atoms. The summed E-state index contributed by atoms with van der Waals surface area (Å²) in [4.78, 5) is 0. The molecule has 2 N–H and O–H groups in total. The summed E-state index contributed by atoms with van der Waals surface area (Å²) in [6, 6.07) is 6.46. The van der Waals surface area contributed by atoms with Gasteiger partial charge in [0.05, 0.1) is 0 Å². The number of nitrogens with two attached hydrogens (primary N) is 1. The lowest BCUT2D eigenvalue weighted by Gasteiger charge is -2.08. The molecule has 0 fully saturated rings. The van der Waals surface area contributed by atoms with Crippen LogP contribution in [0.1, 0.15) is 24.9 Å². The summed E-state index contributed by atoms with van der Waals surface area (Å²) in [6.45, 7) is 1.94. The average Bonchev–Trinajstić information content (AvgIpc) is 2.04. The zero-order chi connectivity index (χ0) is 8.27. The molecule has 3 heteroatoms. The maximum atomic E-state index is 12.9. The fraction of sp³-hybridized carbons (Fsp3) is 0.333. The molecule has 0 aliphatic heterocycles. The SMILES string of the molecule is CC[C@H](N)c1ccccc1F.Cl. The Morgan fingerprint density at radius 1 is 1.42 bits per heavy atom. The summed E-state index contributed by atoms with van der Waals surface area (Å²) in [6.07, 6.45) is 0.765. The van der Waals surface area contributed by atoms with Crippen molar-refractivity contribution in [3.63, 3.8) is 0 Å². The van der Waals surface area contributed by atoms with Gasteiger partial charge in [0.25, 0.3) is 0 Å². The lowest BCUT2D eigenvalue weighted by molar-refractivity contribution is 0.575. The van der Waals surface area contributed by atoms with E-state index >= 15 is 0 Å². The molecule has 12 heavy (non-hydrogen) atoms. The molecule has 1 aromatic carbocycles. The molecular formula is C9H13ClFN. The van der Waals surface area contributed by atoms with Gasteiger partial charge in [0, 0.05) is 11.6 Å². The molecular weight excluding hydrogens is 177 g/mol. The van der Waals surface area contributed by atoms with Crippen molar-refractivity contribution in [3.05, 3.63) is 35.6 Å². The second kappa shape index (κ2) is 5.12. The minimum absolute atomic E-state index is 0. The van der Waals surface area contributed by atoms with Gasteiger partial charge in [0.15, 0.2) is 0 Å². The molecule has 0 unspecified atom stereocenters. The summed E-state index contributed by atoms with van der Waals surface area (Å²) < 4.78 is 12.9. The second-order valence-electron chi connectivity index (χ2n) is 2.54. The predicted molar refractivity (Wildman–Crippen MR) is 50.9 cm³/mol. The highest BCUT2D eigenvalue weighted by Crippen LogP contribution is 2.16. The van der Waals surface area contributed by atoms with Crippen LogP contribution in [0.3, 0.4) is 0 Å². The van der Waals surface area contributed by atoms with Crippen molar-refractivity contribution in [1.82, 2.24) is 0 Å². The van der Waals surface area contributed by atoms with Crippen molar-refractivity contribution < 1.29 is 4.39 Å². The summed E-state index contributed by atoms with van der Waals surface area (Å²) in [5.41, 5.74) is 6.26. The molecule has 68 valence electrons. The van der Waals surface area contributed by atoms with Crippen molar-refractivity contribution in [2.45, 2.75) is 19.4 Å². The Morgan fingerprint density at radius 2 is 2.00 bits per heavy atom. The first-order valence-electron chi connectivity index (χ1n) is 3.75. The third-order valence-electron chi connectivity index (χ3n) is 1.74. The quantitative estimate of drug-likeness (QED) is 0.761. The van der Waals surface area contributed by atoms with Crippen LogP contribution >= 0.6 is 12.4 Å². The number of hydrogen-bond donors (Lipinski definition) is 1. The highest BCUT2D eigenvalue weighted by Gasteiger charge is 2.06. The van der Waals surface area contributed by atoms with Gasteiger partial charge in [-0.2, -0.15) is 0 Å². The van der Waals surface area contributed by atoms with Crippen molar-refractivity contribution in [3.8, 4) is 0 Å². The van der Waals surface area contributed by atoms with E-state index in [-0.39, 0.29) is 24.3 Å². The molecule has 0 aliphatic carbocycles. The fourth-order valence-corrected chi connectivity index (χ4v) is 0.996. The molecule has 0 saturated heterocycles. The second-order valence-corrected chi connectivity index (χ2v) is 2.54. The third-order valence-corrected chi connectivity index (χ3v) is 1.74. The van der Waals surface area contributed by atoms with Crippen LogP contribution in [0, 0.1) is 5.82 Å². The Balaban J connectivity index is 0.00000121. The lowest BCUT2D eigenvalue weighted by atomic mass is 10.1. The zero-order valence-electron chi connectivity index (χ0n) is 6.96. The highest BCUT2D eigenvalue weighted by molar-refractivity contribution is 5.85. The van der Waals surface area contributed by atoms with Crippen LogP contribution in [-0.4, -0.2) is 0 Å². The standard InChI is InChI=1S/C9H12FN.ClH/c1-2-9(11)7-5-3-4-6-8(7)10;/h3-6,9H,2,11H2,1H3;1H/t9-;/m0./s1. The normalized spacial score (nSPS) is 11.9. The Bertz CT molecular complexity index is 240. The molecule has 0 radical (unpaired) electrons. The van der Waals surface area contributed by atoms with E-state index in [2.05, 4.69) is 0 Å². The van der Waals surface area contributed by atoms with Crippen molar-refractivity contribution in [2.75, 3.05) is 0 Å². The molecule has 0 bridgehead atoms. The van der Waals surface area contributed by atoms with Gasteiger partial charge in [-0.25, -0.2) is 4.39 Å². The first-order chi connectivity index (χ1) is 5.25. The maximum absolute atomic E-state index is 12.9. The molecule has 1 nitrogen and oxygen atoms in total. The van der Waals surface area contributed by atoms with Crippen LogP contribution in [-0.2, 0) is 0 Å². The van der Waals surface area contributed by atoms with E-state index in [0.717, 1.165) is 6.42 Å². The molecule has 1 aromatic rings. The van der Waals surface area contributed by atoms with Gasteiger partial charge in [-0.3, -0.25) is 0 Å². The number of hydrogen-bond acceptors (Lipinski definition) is 1. The van der Waals surface area contributed by atoms with Crippen LogP contribution in [0.2, 0.25) is 0 Å². The minimum Gasteiger partial charge on any atom is -0.324 e. The first kappa shape index (κ1) is 11.4. The number of rotatable bonds is 2. The van der Waals surface area contributed by atoms with E-state index in [9.17, 15) is 4.39 Å². The van der Waals surface area contributed by atoms with Gasteiger partial charge in [0.1, 0.15) is 5.82 Å². The van der Waals surface area contributed by atoms with E-state index in [1.807, 2.05) is 6.92 Å². The van der Waals surface area contributed by atoms with Gasteiger partial charge in [-0.1, -0.05) is 25.1 Å². The van der Waals surface area contributed by atoms with Gasteiger partial charge < -0.3 is 5.73 Å². The van der Waals surface area contributed by atoms with E-state index in [0.29, 0.717) is 5.56 Å². The van der Waals surface area contributed by atoms with Crippen molar-refractivity contribution in [2.24, 2.45) is 5.73 Å². The summed E-state index contributed by atoms with van der Waals surface area (Å²) >= 11 is 0. The molecule has 0 aliphatic rings. The zero-order valence-corrected chi connectivity index (χ0v) is 7.77. The van der Waals surface area contributed by atoms with Crippen LogP contribution in [0.15, 0.2) is 24.3 Å². The van der Waals surface area contributed by atoms with Crippen molar-refractivity contribution >= 4 is 12.4 Å². The largest absolute Gasteiger partial charge is 0.324 e. The van der Waals surface area contributed by atoms with Crippen LogP contribution < -0.4 is 5.73 Å². The van der Waals surface area contributed by atoms with Gasteiger partial charge in [-0.05, 0) is 12.5 Å². The number of halogens is 2. The first-order valence-corrected chi connectivity index (χ1v) is 3.75. The van der Waals surface area contributed by atoms with Gasteiger partial charge >= 0.3 is 0 Å². The van der Waals surface area contributed by atoms with Crippen molar-refractivity contribution in [1.29, 1.82) is 0 Å². The van der Waals surface area contributed by atoms with E-state index in [1.165, 1.54) is 6.07 Å². The molecule has 0 aromatic heterocycles. The van der Waals surface area contributed by atoms with E-state index < -0.39 is 0 Å². The fourth-order valence-electron chi connectivity index (χ4n) is 0.996. The van der Waals surface area contributed by atoms with Crippen LogP contribution in [0.4, 0.5) is 4.39 Å². The minimum atomic E-state index is -0.207. The maximum Gasteiger partial charge on any atom is 0.127 e. The predicted octanol–water partition coefficient (Wildman–Crippen LogP) is 2.66. The third kappa shape index (κ3) is 2.47. The average molecular weight is 190 g/mol. The smallest absolute Gasteiger partial charge is 0.127 e. The van der Waals surface area contributed by atoms with Gasteiger partial charge in [-0.15, -0.1) is 12.4 Å². The summed E-state index contributed by atoms with van der Waals surface area (Å²) in [5.74, 6) is -0.207. The Labute approximate surface area is 78.2 Å². The molecule has 0 heterocycles. The molecule has 0 saturated carbocycles. The Kier molecular flexibility index (Phi) is 4.86. The van der Waals surface area contributed by atoms with E-state index in [1.54, 1.807) is 18.2 Å². The highest BCUT2D eigenvalue weighted by atomic mass is 35.5. The monoisotopic (exact) mass is 189 g/mol. The topological polar surface area (TPSA) is 26.0 Å². The molecule has 0 amide bonds. The van der Waals surface area contributed by atoms with Gasteiger partial charge in [0.2, 0.25) is 0 Å². The van der Waals surface area contributed by atoms with E-state index in [4.69, 9.17) is 5.73 Å². The van der Waals surface area contributed by atoms with Crippen LogP contribution in [0.25, 0.3) is 0 Å². The summed E-state index contributed by atoms with van der Waals surface area (Å²) in [5, 5.41) is 0. The Hall–Kier alpha value is -0.600. The summed E-state index contributed by atoms with van der Waals surface area (Å²) in [7, 11) is 0. The molecule has 1 rings (SSSR count). The number of benzene rings is 1. The lowest BCUT2D eigenvalue weighted by Crippen LogP contribution is -2.10.